The first-order valence-corrected chi connectivity index (χ1v) is 5.29. The number of rotatable bonds is 1. The molecule has 0 radical (unpaired) electrons. The van der Waals surface area contributed by atoms with E-state index in [1.807, 2.05) is 26.8 Å². The molecule has 0 unspecified atom stereocenters. The van der Waals surface area contributed by atoms with Gasteiger partial charge in [0, 0.05) is 0 Å². The third-order valence-electron chi connectivity index (χ3n) is 2.00. The fourth-order valence-electron chi connectivity index (χ4n) is 1.16. The smallest absolute Gasteiger partial charge is 0.166 e. The van der Waals surface area contributed by atoms with Crippen LogP contribution in [0.25, 0.3) is 6.08 Å². The van der Waals surface area contributed by atoms with E-state index in [-0.39, 0.29) is 5.41 Å². The van der Waals surface area contributed by atoms with E-state index in [0.717, 1.165) is 12.1 Å². The minimum atomic E-state index is -4.27. The molecule has 0 bridgehead atoms. The van der Waals surface area contributed by atoms with Crippen molar-refractivity contribution in [3.63, 3.8) is 0 Å². The van der Waals surface area contributed by atoms with Gasteiger partial charge in [-0.2, -0.15) is 13.2 Å². The van der Waals surface area contributed by atoms with E-state index in [4.69, 9.17) is 0 Å². The molecule has 0 atom stereocenters. The van der Waals surface area contributed by atoms with Gasteiger partial charge in [-0.15, -0.1) is 5.73 Å². The summed E-state index contributed by atoms with van der Waals surface area (Å²) < 4.78 is 36.9. The number of halogens is 3. The van der Waals surface area contributed by atoms with Crippen molar-refractivity contribution in [2.75, 3.05) is 0 Å². The van der Waals surface area contributed by atoms with Gasteiger partial charge in [-0.25, -0.2) is 0 Å². The molecule has 0 saturated carbocycles. The predicted octanol–water partition coefficient (Wildman–Crippen LogP) is 4.92. The third kappa shape index (κ3) is 4.92. The van der Waals surface area contributed by atoms with Crippen molar-refractivity contribution in [1.29, 1.82) is 0 Å². The molecule has 0 heterocycles. The Morgan fingerprint density at radius 1 is 1.00 bits per heavy atom. The summed E-state index contributed by atoms with van der Waals surface area (Å²) in [6.07, 6.45) is -0.723. The summed E-state index contributed by atoms with van der Waals surface area (Å²) >= 11 is 0. The van der Waals surface area contributed by atoms with E-state index >= 15 is 0 Å². The fraction of sp³-hybridized carbons (Fsp3) is 0.357. The van der Waals surface area contributed by atoms with Crippen molar-refractivity contribution in [2.24, 2.45) is 5.41 Å². The Bertz CT molecular complexity index is 424. The van der Waals surface area contributed by atoms with Crippen LogP contribution in [0.2, 0.25) is 0 Å². The summed E-state index contributed by atoms with van der Waals surface area (Å²) in [6.45, 7) is 6.09. The first-order chi connectivity index (χ1) is 7.68. The van der Waals surface area contributed by atoms with Gasteiger partial charge in [0.1, 0.15) is 0 Å². The van der Waals surface area contributed by atoms with Crippen LogP contribution in [0.1, 0.15) is 31.9 Å². The van der Waals surface area contributed by atoms with Gasteiger partial charge in [-0.1, -0.05) is 32.9 Å². The highest BCUT2D eigenvalue weighted by Crippen LogP contribution is 2.29. The van der Waals surface area contributed by atoms with E-state index in [9.17, 15) is 13.2 Å². The standard InChI is InChI=1S/C14H15F3/c1-13(2,3)10-4-5-11-6-8-12(9-7-11)14(15,16)17/h5-10H,1-3H3. The molecular weight excluding hydrogens is 225 g/mol. The average molecular weight is 240 g/mol. The van der Waals surface area contributed by atoms with Crippen LogP contribution in [0, 0.1) is 5.41 Å². The Balaban J connectivity index is 2.87. The van der Waals surface area contributed by atoms with Gasteiger partial charge in [0.25, 0.3) is 0 Å². The van der Waals surface area contributed by atoms with Crippen LogP contribution in [0.3, 0.4) is 0 Å². The zero-order valence-corrected chi connectivity index (χ0v) is 10.1. The van der Waals surface area contributed by atoms with E-state index in [0.29, 0.717) is 5.56 Å². The van der Waals surface area contributed by atoms with Crippen molar-refractivity contribution in [3.05, 3.63) is 47.2 Å². The molecule has 0 saturated heterocycles. The van der Waals surface area contributed by atoms with Gasteiger partial charge in [0.05, 0.1) is 5.56 Å². The molecule has 0 aromatic heterocycles. The molecule has 1 rings (SSSR count). The fourth-order valence-corrected chi connectivity index (χ4v) is 1.16. The second kappa shape index (κ2) is 4.80. The molecule has 0 aliphatic carbocycles. The van der Waals surface area contributed by atoms with Gasteiger partial charge in [-0.3, -0.25) is 0 Å². The monoisotopic (exact) mass is 240 g/mol. The largest absolute Gasteiger partial charge is 0.416 e. The molecule has 0 spiro atoms. The molecule has 92 valence electrons. The van der Waals surface area contributed by atoms with Crippen LogP contribution in [-0.4, -0.2) is 0 Å². The number of allylic oxidation sites excluding steroid dienone is 1. The Morgan fingerprint density at radius 3 is 1.94 bits per heavy atom. The topological polar surface area (TPSA) is 0 Å². The zero-order valence-electron chi connectivity index (χ0n) is 10.1. The molecule has 17 heavy (non-hydrogen) atoms. The van der Waals surface area contributed by atoms with Crippen molar-refractivity contribution in [1.82, 2.24) is 0 Å². The summed E-state index contributed by atoms with van der Waals surface area (Å²) in [5.74, 6) is 0. The second-order valence-corrected chi connectivity index (χ2v) is 4.94. The van der Waals surface area contributed by atoms with Crippen LogP contribution in [0.5, 0.6) is 0 Å². The summed E-state index contributed by atoms with van der Waals surface area (Å²) in [5.41, 5.74) is 3.06. The number of alkyl halides is 3. The number of hydrogen-bond acceptors (Lipinski definition) is 0. The minimum absolute atomic E-state index is 0.0163. The van der Waals surface area contributed by atoms with Crippen molar-refractivity contribution >= 4 is 6.08 Å². The Kier molecular flexibility index (Phi) is 3.84. The van der Waals surface area contributed by atoms with Gasteiger partial charge >= 0.3 is 6.18 Å². The third-order valence-corrected chi connectivity index (χ3v) is 2.00. The molecule has 0 aliphatic rings. The lowest BCUT2D eigenvalue weighted by atomic mass is 9.97. The van der Waals surface area contributed by atoms with Crippen LogP contribution in [0.4, 0.5) is 13.2 Å². The molecule has 0 aliphatic heterocycles. The highest BCUT2D eigenvalue weighted by Gasteiger charge is 2.29. The molecule has 1 aromatic carbocycles. The maximum atomic E-state index is 12.3. The lowest BCUT2D eigenvalue weighted by Gasteiger charge is -2.08. The average Bonchev–Trinajstić information content (AvgIpc) is 2.15. The SMILES string of the molecule is CC(C)(C)C=C=Cc1ccc(C(F)(F)F)cc1. The van der Waals surface area contributed by atoms with E-state index < -0.39 is 11.7 Å². The lowest BCUT2D eigenvalue weighted by molar-refractivity contribution is -0.137. The Labute approximate surface area is 99.5 Å². The summed E-state index contributed by atoms with van der Waals surface area (Å²) in [6, 6.07) is 5.02. The van der Waals surface area contributed by atoms with Crippen molar-refractivity contribution in [2.45, 2.75) is 26.9 Å². The predicted molar refractivity (Wildman–Crippen MR) is 63.4 cm³/mol. The summed E-state index contributed by atoms with van der Waals surface area (Å²) in [4.78, 5) is 0. The van der Waals surface area contributed by atoms with Gasteiger partial charge < -0.3 is 0 Å². The molecule has 3 heteroatoms. The molecule has 0 N–H and O–H groups in total. The van der Waals surface area contributed by atoms with Crippen molar-refractivity contribution in [3.8, 4) is 0 Å². The maximum absolute atomic E-state index is 12.3. The van der Waals surface area contributed by atoms with Crippen LogP contribution in [-0.2, 0) is 6.18 Å². The first kappa shape index (κ1) is 13.6. The molecule has 1 aromatic rings. The second-order valence-electron chi connectivity index (χ2n) is 4.94. The zero-order chi connectivity index (χ0) is 13.1. The molecule has 0 amide bonds. The minimum Gasteiger partial charge on any atom is -0.166 e. The quantitative estimate of drug-likeness (QED) is 0.611. The lowest BCUT2D eigenvalue weighted by Crippen LogP contribution is -2.03. The summed E-state index contributed by atoms with van der Waals surface area (Å²) in [7, 11) is 0. The highest BCUT2D eigenvalue weighted by atomic mass is 19.4. The van der Waals surface area contributed by atoms with Crippen LogP contribution >= 0.6 is 0 Å². The van der Waals surface area contributed by atoms with E-state index in [1.165, 1.54) is 12.1 Å². The number of benzene rings is 1. The molecular formula is C14H15F3. The van der Waals surface area contributed by atoms with E-state index in [2.05, 4.69) is 5.73 Å². The first-order valence-electron chi connectivity index (χ1n) is 5.29. The normalized spacial score (nSPS) is 11.9. The van der Waals surface area contributed by atoms with Crippen LogP contribution < -0.4 is 0 Å². The Morgan fingerprint density at radius 2 is 1.53 bits per heavy atom. The number of hydrogen-bond donors (Lipinski definition) is 0. The summed E-state index contributed by atoms with van der Waals surface area (Å²) in [5, 5.41) is 0. The van der Waals surface area contributed by atoms with Gasteiger partial charge in [-0.05, 0) is 35.3 Å². The molecule has 0 fully saturated rings. The van der Waals surface area contributed by atoms with E-state index in [1.54, 1.807) is 6.08 Å². The maximum Gasteiger partial charge on any atom is 0.416 e. The van der Waals surface area contributed by atoms with Gasteiger partial charge in [0.15, 0.2) is 0 Å². The van der Waals surface area contributed by atoms with Crippen molar-refractivity contribution < 1.29 is 13.2 Å². The molecule has 0 nitrogen and oxygen atoms in total. The van der Waals surface area contributed by atoms with Gasteiger partial charge in [0.2, 0.25) is 0 Å². The Hall–Kier alpha value is -1.47. The van der Waals surface area contributed by atoms with Crippen LogP contribution in [0.15, 0.2) is 36.1 Å². The highest BCUT2D eigenvalue weighted by molar-refractivity contribution is 5.49.